The Morgan fingerprint density at radius 1 is 0.927 bits per heavy atom. The van der Waals surface area contributed by atoms with Crippen molar-refractivity contribution in [3.8, 4) is 23.0 Å². The first-order chi connectivity index (χ1) is 19.9. The highest BCUT2D eigenvalue weighted by Gasteiger charge is 2.78. The maximum atomic E-state index is 13.0. The number of aliphatic hydroxyl groups is 2. The first-order valence-corrected chi connectivity index (χ1v) is 13.6. The number of ether oxygens (including phenoxy) is 4. The van der Waals surface area contributed by atoms with E-state index in [1.807, 2.05) is 49.4 Å². The van der Waals surface area contributed by atoms with Gasteiger partial charge in [-0.1, -0.05) is 54.5 Å². The van der Waals surface area contributed by atoms with E-state index in [2.05, 4.69) is 15.5 Å². The molecule has 1 saturated carbocycles. The Morgan fingerprint density at radius 3 is 2.32 bits per heavy atom. The smallest absolute Gasteiger partial charge is 0.315 e. The van der Waals surface area contributed by atoms with E-state index in [4.69, 9.17) is 23.4 Å². The number of aliphatic hydroxyl groups excluding tert-OH is 1. The van der Waals surface area contributed by atoms with Gasteiger partial charge in [0.1, 0.15) is 29.1 Å². The van der Waals surface area contributed by atoms with Gasteiger partial charge in [-0.3, -0.25) is 0 Å². The van der Waals surface area contributed by atoms with Crippen LogP contribution in [0.4, 0.5) is 6.01 Å². The molecule has 3 N–H and O–H groups in total. The van der Waals surface area contributed by atoms with E-state index in [-0.39, 0.29) is 11.9 Å². The SMILES string of the molecule is CCCNc1nnc([C@@H]2C(c3ccccc3)C3(c4ccc(OC)cc4)Oc4cc(OC)cc(OC)c4C3(O)[C@@H]2O)o1. The molecule has 3 unspecified atom stereocenters. The fraction of sp³-hybridized carbons (Fsp3) is 0.355. The molecule has 3 aromatic carbocycles. The molecule has 1 aliphatic carbocycles. The number of hydrogen-bond donors (Lipinski definition) is 3. The largest absolute Gasteiger partial charge is 0.497 e. The van der Waals surface area contributed by atoms with Crippen LogP contribution in [0.2, 0.25) is 0 Å². The lowest BCUT2D eigenvalue weighted by molar-refractivity contribution is -0.151. The minimum atomic E-state index is -2.01. The summed E-state index contributed by atoms with van der Waals surface area (Å²) in [5, 5.41) is 37.0. The van der Waals surface area contributed by atoms with Crippen LogP contribution in [0.5, 0.6) is 23.0 Å². The molecule has 10 heteroatoms. The molecule has 10 nitrogen and oxygen atoms in total. The summed E-state index contributed by atoms with van der Waals surface area (Å²) in [6, 6.07) is 20.5. The standard InChI is InChI=1S/C31H33N3O7/c1-5-15-32-29-34-33-28(40-29)24-25(18-9-7-6-8-10-18)31(19-11-13-20(37-2)14-12-19)30(36,27(24)35)26-22(39-4)16-21(38-3)17-23(26)41-31/h6-14,16-17,24-25,27,35-36H,5,15H2,1-4H3,(H,32,34)/t24-,25?,27-,30?,31?/m1/s1. The Bertz CT molecular complexity index is 1530. The lowest BCUT2D eigenvalue weighted by atomic mass is 9.70. The Balaban J connectivity index is 1.65. The van der Waals surface area contributed by atoms with Gasteiger partial charge in [0.25, 0.3) is 0 Å². The molecule has 5 atom stereocenters. The summed E-state index contributed by atoms with van der Waals surface area (Å²) in [6.07, 6.45) is -0.581. The van der Waals surface area contributed by atoms with Crippen molar-refractivity contribution in [2.75, 3.05) is 33.2 Å². The number of aromatic nitrogens is 2. The van der Waals surface area contributed by atoms with Crippen LogP contribution in [-0.4, -0.2) is 54.4 Å². The van der Waals surface area contributed by atoms with Gasteiger partial charge in [-0.05, 0) is 29.7 Å². The molecule has 1 aliphatic heterocycles. The minimum Gasteiger partial charge on any atom is -0.497 e. The second kappa shape index (κ2) is 10.3. The molecule has 4 aromatic rings. The van der Waals surface area contributed by atoms with Crippen LogP contribution in [-0.2, 0) is 11.2 Å². The van der Waals surface area contributed by atoms with Gasteiger partial charge in [0.2, 0.25) is 5.89 Å². The number of fused-ring (bicyclic) bond motifs is 3. The molecule has 0 bridgehead atoms. The van der Waals surface area contributed by atoms with Gasteiger partial charge in [-0.15, -0.1) is 5.10 Å². The lowest BCUT2D eigenvalue weighted by Crippen LogP contribution is -2.52. The Morgan fingerprint density at radius 2 is 1.66 bits per heavy atom. The normalized spacial score (nSPS) is 26.1. The Labute approximate surface area is 237 Å². The van der Waals surface area contributed by atoms with Gasteiger partial charge < -0.3 is 38.9 Å². The van der Waals surface area contributed by atoms with Crippen molar-refractivity contribution in [3.63, 3.8) is 0 Å². The molecule has 0 saturated heterocycles. The van der Waals surface area contributed by atoms with E-state index in [9.17, 15) is 10.2 Å². The van der Waals surface area contributed by atoms with E-state index < -0.39 is 29.1 Å². The molecule has 41 heavy (non-hydrogen) atoms. The maximum Gasteiger partial charge on any atom is 0.315 e. The molecule has 214 valence electrons. The lowest BCUT2D eigenvalue weighted by Gasteiger charge is -2.40. The third-order valence-corrected chi connectivity index (χ3v) is 8.21. The van der Waals surface area contributed by atoms with E-state index >= 15 is 0 Å². The van der Waals surface area contributed by atoms with Crippen molar-refractivity contribution in [2.45, 2.75) is 42.5 Å². The van der Waals surface area contributed by atoms with Crippen molar-refractivity contribution >= 4 is 6.01 Å². The van der Waals surface area contributed by atoms with E-state index in [1.165, 1.54) is 7.11 Å². The number of benzene rings is 3. The van der Waals surface area contributed by atoms with Crippen molar-refractivity contribution in [1.29, 1.82) is 0 Å². The zero-order valence-corrected chi connectivity index (χ0v) is 23.3. The van der Waals surface area contributed by atoms with Crippen LogP contribution in [0, 0.1) is 0 Å². The molecule has 6 rings (SSSR count). The third kappa shape index (κ3) is 3.85. The van der Waals surface area contributed by atoms with Crippen molar-refractivity contribution < 1.29 is 33.6 Å². The van der Waals surface area contributed by atoms with Crippen LogP contribution < -0.4 is 24.3 Å². The van der Waals surface area contributed by atoms with E-state index in [1.54, 1.807) is 38.5 Å². The summed E-state index contributed by atoms with van der Waals surface area (Å²) in [6.45, 7) is 2.68. The average Bonchev–Trinajstić information content (AvgIpc) is 3.64. The minimum absolute atomic E-state index is 0.179. The Hall–Kier alpha value is -4.28. The van der Waals surface area contributed by atoms with E-state index in [0.717, 1.165) is 12.0 Å². The highest BCUT2D eigenvalue weighted by molar-refractivity contribution is 5.63. The summed E-state index contributed by atoms with van der Waals surface area (Å²) in [5.74, 6) is 0.429. The van der Waals surface area contributed by atoms with Gasteiger partial charge in [-0.2, -0.15) is 0 Å². The number of hydrogen-bond acceptors (Lipinski definition) is 10. The monoisotopic (exact) mass is 559 g/mol. The summed E-state index contributed by atoms with van der Waals surface area (Å²) in [4.78, 5) is 0. The van der Waals surface area contributed by atoms with Crippen LogP contribution in [0.15, 0.2) is 71.1 Å². The molecule has 2 heterocycles. The zero-order chi connectivity index (χ0) is 28.8. The van der Waals surface area contributed by atoms with Crippen LogP contribution >= 0.6 is 0 Å². The summed E-state index contributed by atoms with van der Waals surface area (Å²) >= 11 is 0. The average molecular weight is 560 g/mol. The molecule has 1 aromatic heterocycles. The molecular weight excluding hydrogens is 526 g/mol. The number of methoxy groups -OCH3 is 3. The topological polar surface area (TPSA) is 128 Å². The summed E-state index contributed by atoms with van der Waals surface area (Å²) in [5.41, 5.74) is -1.81. The molecule has 0 amide bonds. The predicted molar refractivity (Wildman–Crippen MR) is 150 cm³/mol. The highest BCUT2D eigenvalue weighted by atomic mass is 16.5. The van der Waals surface area contributed by atoms with E-state index in [0.29, 0.717) is 40.7 Å². The van der Waals surface area contributed by atoms with Crippen molar-refractivity contribution in [2.24, 2.45) is 0 Å². The van der Waals surface area contributed by atoms with Gasteiger partial charge >= 0.3 is 6.01 Å². The van der Waals surface area contributed by atoms with Crippen LogP contribution in [0.1, 0.15) is 47.8 Å². The fourth-order valence-electron chi connectivity index (χ4n) is 6.45. The number of rotatable bonds is 9. The van der Waals surface area contributed by atoms with Gasteiger partial charge in [0.15, 0.2) is 11.2 Å². The molecule has 1 fully saturated rings. The summed E-state index contributed by atoms with van der Waals surface area (Å²) < 4.78 is 29.7. The quantitative estimate of drug-likeness (QED) is 0.273. The fourth-order valence-corrected chi connectivity index (χ4v) is 6.45. The van der Waals surface area contributed by atoms with Gasteiger partial charge in [0.05, 0.1) is 32.8 Å². The summed E-state index contributed by atoms with van der Waals surface area (Å²) in [7, 11) is 4.63. The number of nitrogens with zero attached hydrogens (tertiary/aromatic N) is 2. The first kappa shape index (κ1) is 26.9. The second-order valence-corrected chi connectivity index (χ2v) is 10.3. The molecule has 0 radical (unpaired) electrons. The molecule has 2 aliphatic rings. The van der Waals surface area contributed by atoms with Crippen molar-refractivity contribution in [3.05, 3.63) is 89.3 Å². The van der Waals surface area contributed by atoms with Crippen molar-refractivity contribution in [1.82, 2.24) is 10.2 Å². The zero-order valence-electron chi connectivity index (χ0n) is 23.3. The van der Waals surface area contributed by atoms with Gasteiger partial charge in [0, 0.05) is 24.6 Å². The second-order valence-electron chi connectivity index (χ2n) is 10.3. The van der Waals surface area contributed by atoms with Crippen LogP contribution in [0.3, 0.4) is 0 Å². The third-order valence-electron chi connectivity index (χ3n) is 8.21. The van der Waals surface area contributed by atoms with Crippen LogP contribution in [0.25, 0.3) is 0 Å². The maximum absolute atomic E-state index is 13.0. The van der Waals surface area contributed by atoms with Gasteiger partial charge in [-0.25, -0.2) is 0 Å². The first-order valence-electron chi connectivity index (χ1n) is 13.6. The number of anilines is 1. The molecule has 0 spiro atoms. The molecular formula is C31H33N3O7. The highest BCUT2D eigenvalue weighted by Crippen LogP contribution is 2.72. The Kier molecular flexibility index (Phi) is 6.75. The number of nitrogens with one attached hydrogen (secondary N) is 1. The predicted octanol–water partition coefficient (Wildman–Crippen LogP) is 4.33.